The van der Waals surface area contributed by atoms with Gasteiger partial charge in [-0.2, -0.15) is 0 Å². The SMILES string of the molecule is CC(=O)O[C@@H]1[C@@H]2[C@H](CO)[C@@H](OC(C)=O)C[C@@H](OC(C)=O)[C@]2(C)[C@@H](OC(C)=O)[C@@H](OC(C)=O)C2=C(C)[C@H](OC(C)=O)C[C@H]1C2(C)C. The summed E-state index contributed by atoms with van der Waals surface area (Å²) in [6.45, 7) is 13.9. The number of fused-ring (bicyclic) bond motifs is 3. The van der Waals surface area contributed by atoms with E-state index in [0.717, 1.165) is 0 Å². The molecule has 0 heterocycles. The van der Waals surface area contributed by atoms with Crippen LogP contribution in [0.5, 0.6) is 0 Å². The van der Waals surface area contributed by atoms with Crippen LogP contribution in [0.15, 0.2) is 11.1 Å². The third-order valence-electron chi connectivity index (χ3n) is 9.75. The minimum absolute atomic E-state index is 0.100. The molecule has 252 valence electrons. The first-order valence-corrected chi connectivity index (χ1v) is 15.1. The number of aliphatic hydroxyl groups excluding tert-OH is 1. The van der Waals surface area contributed by atoms with E-state index in [-0.39, 0.29) is 12.8 Å². The summed E-state index contributed by atoms with van der Waals surface area (Å²) in [7, 11) is 0. The molecule has 2 fully saturated rings. The van der Waals surface area contributed by atoms with Crippen molar-refractivity contribution in [2.45, 2.75) is 119 Å². The molecule has 0 spiro atoms. The third kappa shape index (κ3) is 7.02. The largest absolute Gasteiger partial charge is 0.462 e. The van der Waals surface area contributed by atoms with E-state index < -0.39 is 108 Å². The maximum Gasteiger partial charge on any atom is 0.303 e. The molecule has 13 heteroatoms. The first kappa shape index (κ1) is 36.0. The van der Waals surface area contributed by atoms with E-state index in [4.69, 9.17) is 28.4 Å². The molecule has 0 amide bonds. The van der Waals surface area contributed by atoms with Gasteiger partial charge in [0, 0.05) is 72.3 Å². The van der Waals surface area contributed by atoms with Gasteiger partial charge in [0.15, 0.2) is 12.2 Å². The fourth-order valence-corrected chi connectivity index (χ4v) is 8.27. The molecule has 0 aromatic heterocycles. The first-order valence-electron chi connectivity index (χ1n) is 15.1. The second-order valence-corrected chi connectivity index (χ2v) is 13.1. The molecule has 45 heavy (non-hydrogen) atoms. The van der Waals surface area contributed by atoms with E-state index in [2.05, 4.69) is 0 Å². The Morgan fingerprint density at radius 2 is 1.22 bits per heavy atom. The maximum absolute atomic E-state index is 12.9. The Morgan fingerprint density at radius 1 is 0.711 bits per heavy atom. The van der Waals surface area contributed by atoms with Crippen LogP contribution in [-0.2, 0) is 57.2 Å². The summed E-state index contributed by atoms with van der Waals surface area (Å²) in [5.74, 6) is -6.60. The average molecular weight is 639 g/mol. The van der Waals surface area contributed by atoms with Crippen molar-refractivity contribution in [3.05, 3.63) is 11.1 Å². The van der Waals surface area contributed by atoms with Crippen LogP contribution >= 0.6 is 0 Å². The Bertz CT molecular complexity index is 1250. The van der Waals surface area contributed by atoms with Crippen LogP contribution in [0, 0.1) is 28.6 Å². The van der Waals surface area contributed by atoms with Crippen LogP contribution < -0.4 is 0 Å². The number of carbonyl (C=O) groups is 6. The minimum Gasteiger partial charge on any atom is -0.462 e. The Morgan fingerprint density at radius 3 is 1.69 bits per heavy atom. The van der Waals surface area contributed by atoms with Crippen molar-refractivity contribution in [3.63, 3.8) is 0 Å². The molecule has 3 aliphatic carbocycles. The van der Waals surface area contributed by atoms with Crippen molar-refractivity contribution in [2.24, 2.45) is 28.6 Å². The van der Waals surface area contributed by atoms with Gasteiger partial charge in [-0.05, 0) is 29.9 Å². The molecule has 0 aromatic rings. The lowest BCUT2D eigenvalue weighted by atomic mass is 9.47. The van der Waals surface area contributed by atoms with E-state index in [9.17, 15) is 33.9 Å². The van der Waals surface area contributed by atoms with Crippen molar-refractivity contribution in [1.29, 1.82) is 0 Å². The zero-order chi connectivity index (χ0) is 34.2. The summed E-state index contributed by atoms with van der Waals surface area (Å²) >= 11 is 0. The van der Waals surface area contributed by atoms with Gasteiger partial charge in [0.05, 0.1) is 5.41 Å². The van der Waals surface area contributed by atoms with Crippen LogP contribution in [-0.4, -0.2) is 84.2 Å². The van der Waals surface area contributed by atoms with Crippen LogP contribution in [0.4, 0.5) is 0 Å². The van der Waals surface area contributed by atoms with E-state index >= 15 is 0 Å². The Hall–Kier alpha value is -3.48. The molecule has 2 bridgehead atoms. The van der Waals surface area contributed by atoms with E-state index in [1.54, 1.807) is 13.8 Å². The molecule has 2 saturated carbocycles. The molecule has 0 radical (unpaired) electrons. The number of hydrogen-bond acceptors (Lipinski definition) is 13. The summed E-state index contributed by atoms with van der Waals surface area (Å²) in [4.78, 5) is 75.7. The number of ether oxygens (including phenoxy) is 6. The summed E-state index contributed by atoms with van der Waals surface area (Å²) in [6.07, 6.45) is -6.66. The highest BCUT2D eigenvalue weighted by atomic mass is 16.6. The van der Waals surface area contributed by atoms with Gasteiger partial charge >= 0.3 is 35.8 Å². The molecule has 0 aromatic carbocycles. The van der Waals surface area contributed by atoms with Crippen molar-refractivity contribution in [3.8, 4) is 0 Å². The first-order chi connectivity index (χ1) is 20.8. The lowest BCUT2D eigenvalue weighted by molar-refractivity contribution is -0.258. The molecule has 0 aliphatic heterocycles. The average Bonchev–Trinajstić information content (AvgIpc) is 2.87. The van der Waals surface area contributed by atoms with Gasteiger partial charge < -0.3 is 33.5 Å². The van der Waals surface area contributed by atoms with Crippen LogP contribution in [0.1, 0.15) is 82.1 Å². The number of hydrogen-bond donors (Lipinski definition) is 1. The van der Waals surface area contributed by atoms with Gasteiger partial charge in [-0.1, -0.05) is 20.8 Å². The minimum atomic E-state index is -1.50. The lowest BCUT2D eigenvalue weighted by Gasteiger charge is -2.62. The van der Waals surface area contributed by atoms with Crippen molar-refractivity contribution in [2.75, 3.05) is 6.61 Å². The predicted molar refractivity (Wildman–Crippen MR) is 155 cm³/mol. The molecule has 3 aliphatic rings. The van der Waals surface area contributed by atoms with Gasteiger partial charge in [-0.15, -0.1) is 0 Å². The van der Waals surface area contributed by atoms with Gasteiger partial charge in [-0.25, -0.2) is 0 Å². The third-order valence-corrected chi connectivity index (χ3v) is 9.75. The highest BCUT2D eigenvalue weighted by Crippen LogP contribution is 2.62. The fourth-order valence-electron chi connectivity index (χ4n) is 8.27. The normalized spacial score (nSPS) is 35.4. The standard InChI is InChI=1S/C32H46O13/c1-14-23(40-15(2)34)11-22-28(43-18(5)37)27-21(13-33)24(41-16(3)35)12-25(42-17(4)36)32(27,10)30(45-20(7)39)29(44-19(6)38)26(14)31(22,8)9/h21-25,27-30,33H,11-13H2,1-10H3/t21-,22-,23-,24+,25-,27+,28+,29+,30+,32+/m1/s1. The van der Waals surface area contributed by atoms with Gasteiger partial charge in [0.1, 0.15) is 24.4 Å². The molecule has 0 saturated heterocycles. The van der Waals surface area contributed by atoms with Gasteiger partial charge in [0.2, 0.25) is 0 Å². The van der Waals surface area contributed by atoms with Crippen LogP contribution in [0.3, 0.4) is 0 Å². The fraction of sp³-hybridized carbons (Fsp3) is 0.750. The van der Waals surface area contributed by atoms with Crippen LogP contribution in [0.25, 0.3) is 0 Å². The van der Waals surface area contributed by atoms with Gasteiger partial charge in [-0.3, -0.25) is 28.8 Å². The topological polar surface area (TPSA) is 178 Å². The molecule has 0 unspecified atom stereocenters. The zero-order valence-electron chi connectivity index (χ0n) is 27.7. The van der Waals surface area contributed by atoms with E-state index in [0.29, 0.717) is 11.1 Å². The summed E-state index contributed by atoms with van der Waals surface area (Å²) in [6, 6.07) is 0. The lowest BCUT2D eigenvalue weighted by Crippen LogP contribution is -2.70. The highest BCUT2D eigenvalue weighted by Gasteiger charge is 2.69. The number of rotatable bonds is 7. The molecular formula is C32H46O13. The molecule has 13 nitrogen and oxygen atoms in total. The smallest absolute Gasteiger partial charge is 0.303 e. The number of aliphatic hydroxyl groups is 1. The van der Waals surface area contributed by atoms with Crippen molar-refractivity contribution < 1.29 is 62.3 Å². The molecule has 3 rings (SSSR count). The quantitative estimate of drug-likeness (QED) is 0.245. The van der Waals surface area contributed by atoms with E-state index in [1.165, 1.54) is 41.5 Å². The second-order valence-electron chi connectivity index (χ2n) is 13.1. The Labute approximate surface area is 263 Å². The predicted octanol–water partition coefficient (Wildman–Crippen LogP) is 2.59. The van der Waals surface area contributed by atoms with Crippen molar-refractivity contribution >= 4 is 35.8 Å². The maximum atomic E-state index is 12.9. The summed E-state index contributed by atoms with van der Waals surface area (Å²) in [5.41, 5.74) is -1.40. The number of carbonyl (C=O) groups excluding carboxylic acids is 6. The Kier molecular flexibility index (Phi) is 10.8. The van der Waals surface area contributed by atoms with Crippen molar-refractivity contribution in [1.82, 2.24) is 0 Å². The monoisotopic (exact) mass is 638 g/mol. The molecular weight excluding hydrogens is 592 g/mol. The van der Waals surface area contributed by atoms with Crippen LogP contribution in [0.2, 0.25) is 0 Å². The Balaban J connectivity index is 2.56. The van der Waals surface area contributed by atoms with E-state index in [1.807, 2.05) is 13.8 Å². The number of esters is 6. The highest BCUT2D eigenvalue weighted by molar-refractivity contribution is 5.70. The second kappa shape index (κ2) is 13.5. The summed E-state index contributed by atoms with van der Waals surface area (Å²) in [5, 5.41) is 10.9. The molecule has 1 N–H and O–H groups in total. The summed E-state index contributed by atoms with van der Waals surface area (Å²) < 4.78 is 35.5. The van der Waals surface area contributed by atoms with Gasteiger partial charge in [0.25, 0.3) is 0 Å². The molecule has 10 atom stereocenters. The zero-order valence-corrected chi connectivity index (χ0v) is 27.7.